The number of benzene rings is 2. The van der Waals surface area contributed by atoms with Crippen LogP contribution in [0.25, 0.3) is 5.76 Å². The molecule has 0 aliphatic heterocycles. The number of halogens is 3. The summed E-state index contributed by atoms with van der Waals surface area (Å²) in [7, 11) is 6.48. The number of amides is 3. The summed E-state index contributed by atoms with van der Waals surface area (Å²) in [6.07, 6.45) is -4.58. The van der Waals surface area contributed by atoms with Gasteiger partial charge >= 0.3 is 12.2 Å². The van der Waals surface area contributed by atoms with Gasteiger partial charge in [-0.15, -0.1) is 0 Å². The van der Waals surface area contributed by atoms with Crippen LogP contribution < -0.4 is 16.0 Å². The second kappa shape index (κ2) is 13.4. The molecular weight excluding hydrogens is 699 g/mol. The van der Waals surface area contributed by atoms with E-state index >= 15 is 0 Å². The minimum absolute atomic E-state index is 0.0655. The Labute approximate surface area is 304 Å². The number of carbonyl (C=O) groups excluding carboxylic acids is 4. The number of primary amides is 1. The van der Waals surface area contributed by atoms with Crippen molar-refractivity contribution in [3.05, 3.63) is 69.5 Å². The molecule has 0 radical (unpaired) electrons. The van der Waals surface area contributed by atoms with Gasteiger partial charge in [0.2, 0.25) is 5.78 Å². The van der Waals surface area contributed by atoms with Crippen molar-refractivity contribution in [3.8, 4) is 5.75 Å². The van der Waals surface area contributed by atoms with Gasteiger partial charge in [-0.3, -0.25) is 19.3 Å². The van der Waals surface area contributed by atoms with Crippen LogP contribution in [0.5, 0.6) is 5.75 Å². The third kappa shape index (κ3) is 6.81. The molecule has 3 aliphatic carbocycles. The number of hydrogen-bond acceptors (Lipinski definition) is 10. The lowest BCUT2D eigenvalue weighted by molar-refractivity contribution is -0.153. The largest absolute Gasteiger partial charge is 0.508 e. The molecule has 1 saturated carbocycles. The molecule has 0 aromatic heterocycles. The Balaban J connectivity index is 1.61. The normalized spacial score (nSPS) is 23.1. The van der Waals surface area contributed by atoms with E-state index in [9.17, 15) is 52.8 Å². The first kappa shape index (κ1) is 39.1. The van der Waals surface area contributed by atoms with Crippen LogP contribution in [0.3, 0.4) is 0 Å². The fraction of sp³-hybridized carbons (Fsp3) is 0.459. The molecular formula is C37H44F3N5O8. The van der Waals surface area contributed by atoms with Crippen LogP contribution >= 0.6 is 0 Å². The van der Waals surface area contributed by atoms with Crippen molar-refractivity contribution >= 4 is 40.6 Å². The number of aliphatic hydroxyl groups is 3. The molecule has 13 nitrogen and oxygen atoms in total. The molecule has 4 atom stereocenters. The van der Waals surface area contributed by atoms with Gasteiger partial charge in [0.15, 0.2) is 11.4 Å². The van der Waals surface area contributed by atoms with Gasteiger partial charge in [0, 0.05) is 49.1 Å². The van der Waals surface area contributed by atoms with Crippen molar-refractivity contribution in [1.82, 2.24) is 9.80 Å². The van der Waals surface area contributed by atoms with E-state index in [2.05, 4.69) is 5.32 Å². The van der Waals surface area contributed by atoms with Crippen LogP contribution in [0.4, 0.5) is 29.3 Å². The molecule has 16 heteroatoms. The first-order valence-corrected chi connectivity index (χ1v) is 16.8. The Morgan fingerprint density at radius 3 is 2.13 bits per heavy atom. The van der Waals surface area contributed by atoms with E-state index in [1.807, 2.05) is 20.8 Å². The number of aromatic hydroxyl groups is 1. The zero-order chi connectivity index (χ0) is 39.7. The fourth-order valence-electron chi connectivity index (χ4n) is 7.79. The number of aliphatic hydroxyl groups excluding tert-OH is 2. The number of carbonyl (C=O) groups is 4. The molecule has 2 aromatic rings. The van der Waals surface area contributed by atoms with Crippen LogP contribution in [0.2, 0.25) is 0 Å². The molecule has 0 unspecified atom stereocenters. The third-order valence-electron chi connectivity index (χ3n) is 10.0. The van der Waals surface area contributed by atoms with Gasteiger partial charge in [0.1, 0.15) is 22.8 Å². The molecule has 0 saturated heterocycles. The predicted molar refractivity (Wildman–Crippen MR) is 189 cm³/mol. The van der Waals surface area contributed by atoms with E-state index in [0.717, 1.165) is 24.3 Å². The van der Waals surface area contributed by atoms with E-state index in [-0.39, 0.29) is 48.3 Å². The second-order valence-electron chi connectivity index (χ2n) is 15.5. The van der Waals surface area contributed by atoms with Crippen molar-refractivity contribution in [2.75, 3.05) is 45.0 Å². The smallest absolute Gasteiger partial charge is 0.416 e. The van der Waals surface area contributed by atoms with E-state index in [1.54, 1.807) is 25.1 Å². The number of likely N-dealkylation sites (N-methyl/N-ethyl adjacent to an activating group) is 1. The highest BCUT2D eigenvalue weighted by molar-refractivity contribution is 6.24. The summed E-state index contributed by atoms with van der Waals surface area (Å²) < 4.78 is 39.4. The zero-order valence-electron chi connectivity index (χ0n) is 30.4. The maximum atomic E-state index is 14.3. The average molecular weight is 744 g/mol. The molecule has 5 rings (SSSR count). The molecule has 2 aromatic carbocycles. The summed E-state index contributed by atoms with van der Waals surface area (Å²) in [5, 5.41) is 49.4. The van der Waals surface area contributed by atoms with Crippen molar-refractivity contribution in [2.24, 2.45) is 23.0 Å². The summed E-state index contributed by atoms with van der Waals surface area (Å²) in [5.41, 5.74) is 1.08. The van der Waals surface area contributed by atoms with E-state index in [4.69, 9.17) is 5.73 Å². The highest BCUT2D eigenvalue weighted by Crippen LogP contribution is 2.54. The number of rotatable bonds is 7. The van der Waals surface area contributed by atoms with Crippen molar-refractivity contribution in [2.45, 2.75) is 58.0 Å². The van der Waals surface area contributed by atoms with Gasteiger partial charge in [-0.25, -0.2) is 4.79 Å². The molecule has 53 heavy (non-hydrogen) atoms. The Hall–Kier alpha value is -5.09. The zero-order valence-corrected chi connectivity index (χ0v) is 30.4. The lowest BCUT2D eigenvalue weighted by Gasteiger charge is -2.50. The highest BCUT2D eigenvalue weighted by Gasteiger charge is 2.64. The average Bonchev–Trinajstić information content (AvgIpc) is 3.02. The number of nitrogens with two attached hydrogens (primary N) is 1. The molecule has 1 fully saturated rings. The van der Waals surface area contributed by atoms with Crippen molar-refractivity contribution in [3.63, 3.8) is 0 Å². The van der Waals surface area contributed by atoms with E-state index in [0.29, 0.717) is 11.3 Å². The van der Waals surface area contributed by atoms with E-state index in [1.165, 1.54) is 23.9 Å². The van der Waals surface area contributed by atoms with Crippen molar-refractivity contribution < 1.29 is 52.8 Å². The van der Waals surface area contributed by atoms with Crippen LogP contribution in [-0.4, -0.2) is 100 Å². The van der Waals surface area contributed by atoms with Crippen molar-refractivity contribution in [1.29, 1.82) is 0 Å². The summed E-state index contributed by atoms with van der Waals surface area (Å²) in [5.74, 6) is -7.71. The number of urea groups is 1. The fourth-order valence-corrected chi connectivity index (χ4v) is 7.79. The Morgan fingerprint density at radius 1 is 1.02 bits per heavy atom. The standard InChI is InChI=1S/C37H44F3N5O8/c1-35(2,3)16-45(34(52)42-20-10-8-19(9-11-20)37(38,39)40)15-18-14-23(43(4)5)21-12-17-13-22-27(44(6)7)30(48)26(33(41)51)32(50)36(22,53)31(49)24(17)29(47)25(21)28(18)46/h8-11,14,17,22,27,46-47,50,53H,12-13,15-16H2,1-7H3,(H2,41,51)(H,42,52)/t17-,22-,27-,36-/m0/s1. The van der Waals surface area contributed by atoms with Gasteiger partial charge in [-0.05, 0) is 74.2 Å². The van der Waals surface area contributed by atoms with E-state index < -0.39 is 87.0 Å². The molecule has 3 amide bonds. The topological polar surface area (TPSA) is 197 Å². The first-order valence-electron chi connectivity index (χ1n) is 16.8. The van der Waals surface area contributed by atoms with Crippen LogP contribution in [0, 0.1) is 17.3 Å². The maximum Gasteiger partial charge on any atom is 0.416 e. The van der Waals surface area contributed by atoms with Gasteiger partial charge in [-0.2, -0.15) is 13.2 Å². The number of ketones is 2. The number of fused-ring (bicyclic) bond motifs is 3. The molecule has 0 spiro atoms. The Bertz CT molecular complexity index is 1950. The van der Waals surface area contributed by atoms with Gasteiger partial charge < -0.3 is 41.3 Å². The quantitative estimate of drug-likeness (QED) is 0.225. The Kier molecular flexibility index (Phi) is 9.89. The third-order valence-corrected chi connectivity index (χ3v) is 10.0. The Morgan fingerprint density at radius 2 is 1.62 bits per heavy atom. The number of phenolic OH excluding ortho intramolecular Hbond substituents is 1. The monoisotopic (exact) mass is 743 g/mol. The molecule has 0 bridgehead atoms. The highest BCUT2D eigenvalue weighted by atomic mass is 19.4. The van der Waals surface area contributed by atoms with Crippen LogP contribution in [0.1, 0.15) is 49.4 Å². The number of anilines is 2. The van der Waals surface area contributed by atoms with Gasteiger partial charge in [-0.1, -0.05) is 20.8 Å². The summed E-state index contributed by atoms with van der Waals surface area (Å²) in [6.45, 7) is 5.46. The number of alkyl halides is 3. The summed E-state index contributed by atoms with van der Waals surface area (Å²) in [4.78, 5) is 58.1. The molecule has 0 heterocycles. The molecule has 286 valence electrons. The molecule has 7 N–H and O–H groups in total. The minimum atomic E-state index is -4.56. The number of hydrogen-bond donors (Lipinski definition) is 6. The predicted octanol–water partition coefficient (Wildman–Crippen LogP) is 4.13. The lowest BCUT2D eigenvalue weighted by Crippen LogP contribution is -2.65. The SMILES string of the molecule is CN(C)c1cc(CN(CC(C)(C)C)C(=O)Nc2ccc(C(F)(F)F)cc2)c(O)c2c1C[C@H]1C[C@H]3[C@H](N(C)C)C(=O)C(C(N)=O)=C(O)[C@@]3(O)C(=O)C1=C2O. The number of phenols is 1. The van der Waals surface area contributed by atoms with Crippen LogP contribution in [-0.2, 0) is 33.5 Å². The summed E-state index contributed by atoms with van der Waals surface area (Å²) >= 11 is 0. The van der Waals surface area contributed by atoms with Gasteiger partial charge in [0.25, 0.3) is 5.91 Å². The lowest BCUT2D eigenvalue weighted by atomic mass is 9.57. The second-order valence-corrected chi connectivity index (χ2v) is 15.5. The molecule has 3 aliphatic rings. The minimum Gasteiger partial charge on any atom is -0.508 e. The number of Topliss-reactive ketones (excluding diaryl/α,β-unsaturated/α-hetero) is 2. The van der Waals surface area contributed by atoms with Crippen LogP contribution in [0.15, 0.2) is 47.2 Å². The maximum absolute atomic E-state index is 14.3. The number of nitrogens with zero attached hydrogens (tertiary/aromatic N) is 3. The first-order chi connectivity index (χ1) is 24.4. The summed E-state index contributed by atoms with van der Waals surface area (Å²) in [6, 6.07) is 3.66. The number of nitrogens with one attached hydrogen (secondary N) is 1. The van der Waals surface area contributed by atoms with Gasteiger partial charge in [0.05, 0.1) is 23.7 Å².